The Balaban J connectivity index is 1.48. The van der Waals surface area contributed by atoms with Gasteiger partial charge >= 0.3 is 11.8 Å². The molecule has 8 nitrogen and oxygen atoms in total. The topological polar surface area (TPSA) is 109 Å². The van der Waals surface area contributed by atoms with Crippen LogP contribution in [0.4, 0.5) is 11.4 Å². The molecule has 0 spiro atoms. The van der Waals surface area contributed by atoms with Gasteiger partial charge in [0.05, 0.1) is 11.2 Å². The molecule has 0 aliphatic carbocycles. The maximum atomic E-state index is 12.0. The number of benzene rings is 3. The first-order valence-corrected chi connectivity index (χ1v) is 10.3. The molecule has 0 saturated carbocycles. The summed E-state index contributed by atoms with van der Waals surface area (Å²) in [6.45, 7) is 1.66. The smallest absolute Gasteiger partial charge is 0.329 e. The molecule has 0 aliphatic heterocycles. The van der Waals surface area contributed by atoms with E-state index in [1.807, 2.05) is 31.2 Å². The number of carbonyl (C=O) groups excluding carboxylic acids is 3. The molecule has 0 aromatic heterocycles. The zero-order valence-corrected chi connectivity index (χ0v) is 18.4. The lowest BCUT2D eigenvalue weighted by molar-refractivity contribution is -0.136. The van der Waals surface area contributed by atoms with Gasteiger partial charge in [0.25, 0.3) is 5.91 Å². The van der Waals surface area contributed by atoms with Crippen LogP contribution in [0, 0.1) is 6.92 Å². The average Bonchev–Trinajstić information content (AvgIpc) is 2.79. The summed E-state index contributed by atoms with van der Waals surface area (Å²) in [4.78, 5) is 35.8. The molecule has 0 atom stereocenters. The van der Waals surface area contributed by atoms with E-state index in [9.17, 15) is 14.4 Å². The number of hydrogen-bond acceptors (Lipinski definition) is 5. The van der Waals surface area contributed by atoms with Gasteiger partial charge in [0.1, 0.15) is 5.75 Å². The van der Waals surface area contributed by atoms with E-state index < -0.39 is 11.8 Å². The average molecular weight is 465 g/mol. The summed E-state index contributed by atoms with van der Waals surface area (Å²) >= 11 is 6.20. The molecule has 3 rings (SSSR count). The number of nitrogens with one attached hydrogen (secondary N) is 3. The molecule has 0 unspecified atom stereocenters. The highest BCUT2D eigenvalue weighted by Crippen LogP contribution is 2.25. The number of nitrogens with zero attached hydrogens (tertiary/aromatic N) is 1. The van der Waals surface area contributed by atoms with Crippen LogP contribution in [0.3, 0.4) is 0 Å². The number of carbonyl (C=O) groups is 3. The summed E-state index contributed by atoms with van der Waals surface area (Å²) in [6.07, 6.45) is 1.33. The summed E-state index contributed by atoms with van der Waals surface area (Å²) in [7, 11) is 0. The third-order valence-electron chi connectivity index (χ3n) is 4.23. The van der Waals surface area contributed by atoms with Crippen LogP contribution < -0.4 is 20.8 Å². The predicted molar refractivity (Wildman–Crippen MR) is 128 cm³/mol. The van der Waals surface area contributed by atoms with Crippen molar-refractivity contribution in [3.8, 4) is 5.75 Å². The molecule has 0 saturated heterocycles. The number of hydrogen-bond donors (Lipinski definition) is 3. The maximum absolute atomic E-state index is 12.0. The number of hydrazone groups is 1. The van der Waals surface area contributed by atoms with E-state index in [1.54, 1.807) is 48.5 Å². The van der Waals surface area contributed by atoms with Gasteiger partial charge < -0.3 is 15.4 Å². The van der Waals surface area contributed by atoms with Crippen molar-refractivity contribution in [2.45, 2.75) is 6.92 Å². The summed E-state index contributed by atoms with van der Waals surface area (Å²) in [5.41, 5.74) is 4.84. The van der Waals surface area contributed by atoms with E-state index in [0.717, 1.165) is 5.56 Å². The van der Waals surface area contributed by atoms with Crippen LogP contribution in [0.15, 0.2) is 77.9 Å². The minimum absolute atomic E-state index is 0.214. The van der Waals surface area contributed by atoms with Crippen LogP contribution in [0.5, 0.6) is 5.75 Å². The van der Waals surface area contributed by atoms with Gasteiger partial charge in [-0.1, -0.05) is 41.9 Å². The minimum atomic E-state index is -0.914. The Kier molecular flexibility index (Phi) is 8.15. The maximum Gasteiger partial charge on any atom is 0.329 e. The van der Waals surface area contributed by atoms with Crippen LogP contribution in [0.2, 0.25) is 5.02 Å². The fourth-order valence-electron chi connectivity index (χ4n) is 2.70. The van der Waals surface area contributed by atoms with Crippen LogP contribution in [-0.4, -0.2) is 30.5 Å². The molecule has 3 N–H and O–H groups in total. The van der Waals surface area contributed by atoms with Gasteiger partial charge in [0.15, 0.2) is 6.61 Å². The largest absolute Gasteiger partial charge is 0.482 e. The van der Waals surface area contributed by atoms with Gasteiger partial charge in [0, 0.05) is 11.4 Å². The van der Waals surface area contributed by atoms with Crippen LogP contribution in [0.25, 0.3) is 0 Å². The van der Waals surface area contributed by atoms with Crippen molar-refractivity contribution in [3.63, 3.8) is 0 Å². The normalized spacial score (nSPS) is 10.5. The highest BCUT2D eigenvalue weighted by molar-refractivity contribution is 6.39. The molecule has 168 valence electrons. The van der Waals surface area contributed by atoms with Crippen LogP contribution in [0.1, 0.15) is 11.1 Å². The molecule has 3 aromatic rings. The Morgan fingerprint density at radius 3 is 2.39 bits per heavy atom. The molecule has 3 amide bonds. The molecule has 9 heteroatoms. The second kappa shape index (κ2) is 11.4. The summed E-state index contributed by atoms with van der Waals surface area (Å²) < 4.78 is 5.45. The highest BCUT2D eigenvalue weighted by atomic mass is 35.5. The number of halogens is 1. The molecule has 0 bridgehead atoms. The fourth-order valence-corrected chi connectivity index (χ4v) is 2.95. The molecule has 0 aliphatic rings. The van der Waals surface area contributed by atoms with Crippen molar-refractivity contribution in [1.29, 1.82) is 0 Å². The first-order chi connectivity index (χ1) is 15.9. The van der Waals surface area contributed by atoms with Crippen molar-refractivity contribution in [1.82, 2.24) is 5.43 Å². The Morgan fingerprint density at radius 2 is 1.67 bits per heavy atom. The molecule has 0 radical (unpaired) electrons. The lowest BCUT2D eigenvalue weighted by Crippen LogP contribution is -2.32. The molecule has 3 aromatic carbocycles. The van der Waals surface area contributed by atoms with Crippen molar-refractivity contribution in [3.05, 3.63) is 88.9 Å². The number of para-hydroxylation sites is 1. The minimum Gasteiger partial charge on any atom is -0.482 e. The number of rotatable bonds is 7. The second-order valence-corrected chi connectivity index (χ2v) is 7.32. The number of anilines is 2. The molecule has 0 fully saturated rings. The molecule has 33 heavy (non-hydrogen) atoms. The fraction of sp³-hybridized carbons (Fsp3) is 0.0833. The highest BCUT2D eigenvalue weighted by Gasteiger charge is 2.13. The Hall–Kier alpha value is -4.17. The molecular weight excluding hydrogens is 444 g/mol. The molecular formula is C24H21ClN4O4. The Morgan fingerprint density at radius 1 is 0.909 bits per heavy atom. The van der Waals surface area contributed by atoms with Gasteiger partial charge in [-0.15, -0.1) is 0 Å². The zero-order valence-electron chi connectivity index (χ0n) is 17.7. The van der Waals surface area contributed by atoms with Gasteiger partial charge in [-0.2, -0.15) is 5.10 Å². The second-order valence-electron chi connectivity index (χ2n) is 6.92. The Labute approximate surface area is 195 Å². The van der Waals surface area contributed by atoms with E-state index in [-0.39, 0.29) is 17.5 Å². The lowest BCUT2D eigenvalue weighted by atomic mass is 10.2. The quantitative estimate of drug-likeness (QED) is 0.281. The summed E-state index contributed by atoms with van der Waals surface area (Å²) in [6, 6.07) is 20.8. The van der Waals surface area contributed by atoms with Crippen molar-refractivity contribution in [2.24, 2.45) is 5.10 Å². The number of aryl methyl sites for hydroxylation is 1. The van der Waals surface area contributed by atoms with Crippen molar-refractivity contribution in [2.75, 3.05) is 17.2 Å². The SMILES string of the molecule is Cc1cccc(NC(=O)C(=O)N/N=C\c2ccc(OCC(=O)Nc3ccccc3)c(Cl)c2)c1. The first kappa shape index (κ1) is 23.5. The standard InChI is InChI=1S/C24H21ClN4O4/c1-16-6-5-9-19(12-16)28-23(31)24(32)29-26-14-17-10-11-21(20(25)13-17)33-15-22(30)27-18-7-3-2-4-8-18/h2-14H,15H2,1H3,(H,27,30)(H,28,31)(H,29,32)/b26-14-. The van der Waals surface area contributed by atoms with Gasteiger partial charge in [-0.3, -0.25) is 14.4 Å². The van der Waals surface area contributed by atoms with Crippen LogP contribution in [-0.2, 0) is 14.4 Å². The molecule has 0 heterocycles. The lowest BCUT2D eigenvalue weighted by Gasteiger charge is -2.09. The zero-order chi connectivity index (χ0) is 23.6. The van der Waals surface area contributed by atoms with E-state index in [4.69, 9.17) is 16.3 Å². The van der Waals surface area contributed by atoms with E-state index in [2.05, 4.69) is 21.2 Å². The van der Waals surface area contributed by atoms with Crippen molar-refractivity contribution >= 4 is 46.9 Å². The van der Waals surface area contributed by atoms with E-state index >= 15 is 0 Å². The van der Waals surface area contributed by atoms with Gasteiger partial charge in [-0.25, -0.2) is 5.43 Å². The first-order valence-electron chi connectivity index (χ1n) is 9.89. The van der Waals surface area contributed by atoms with Gasteiger partial charge in [-0.05, 0) is 60.5 Å². The number of amides is 3. The Bertz CT molecular complexity index is 1180. The third kappa shape index (κ3) is 7.48. The summed E-state index contributed by atoms with van der Waals surface area (Å²) in [5.74, 6) is -1.76. The summed E-state index contributed by atoms with van der Waals surface area (Å²) in [5, 5.41) is 9.22. The van der Waals surface area contributed by atoms with E-state index in [1.165, 1.54) is 6.21 Å². The van der Waals surface area contributed by atoms with Crippen molar-refractivity contribution < 1.29 is 19.1 Å². The third-order valence-corrected chi connectivity index (χ3v) is 4.53. The van der Waals surface area contributed by atoms with Crippen LogP contribution >= 0.6 is 11.6 Å². The monoisotopic (exact) mass is 464 g/mol. The number of ether oxygens (including phenoxy) is 1. The van der Waals surface area contributed by atoms with Gasteiger partial charge in [0.2, 0.25) is 0 Å². The van der Waals surface area contributed by atoms with E-state index in [0.29, 0.717) is 22.7 Å². The predicted octanol–water partition coefficient (Wildman–Crippen LogP) is 3.75.